The molecule has 36 heavy (non-hydrogen) atoms. The average molecular weight is 488 g/mol. The molecule has 0 unspecified atom stereocenters. The number of ether oxygens (including phenoxy) is 1. The van der Waals surface area contributed by atoms with Crippen LogP contribution in [0.3, 0.4) is 0 Å². The number of benzene rings is 3. The van der Waals surface area contributed by atoms with Crippen LogP contribution < -0.4 is 15.0 Å². The number of anilines is 1. The van der Waals surface area contributed by atoms with Gasteiger partial charge < -0.3 is 15.0 Å². The predicted molar refractivity (Wildman–Crippen MR) is 141 cm³/mol. The summed E-state index contributed by atoms with van der Waals surface area (Å²) in [6.45, 7) is 4.64. The van der Waals surface area contributed by atoms with Crippen LogP contribution in [0.2, 0.25) is 0 Å². The molecule has 0 aliphatic carbocycles. The molecule has 0 aromatic heterocycles. The molecule has 1 heterocycles. The zero-order valence-electron chi connectivity index (χ0n) is 21.1. The van der Waals surface area contributed by atoms with Crippen molar-refractivity contribution in [2.24, 2.45) is 0 Å². The topological polar surface area (TPSA) is 79.0 Å². The molecule has 0 spiro atoms. The minimum absolute atomic E-state index is 0.137. The monoisotopic (exact) mass is 487 g/mol. The van der Waals surface area contributed by atoms with Crippen molar-refractivity contribution in [2.45, 2.75) is 45.7 Å². The number of hydrogen-bond acceptors (Lipinski definition) is 4. The average Bonchev–Trinajstić information content (AvgIpc) is 3.17. The lowest BCUT2D eigenvalue weighted by Gasteiger charge is -2.32. The van der Waals surface area contributed by atoms with Crippen LogP contribution >= 0.6 is 0 Å². The summed E-state index contributed by atoms with van der Waals surface area (Å²) in [7, 11) is 1.60. The Balaban J connectivity index is 1.61. The van der Waals surface area contributed by atoms with Crippen LogP contribution in [0.25, 0.3) is 10.8 Å². The Bertz CT molecular complexity index is 1250. The Labute approximate surface area is 212 Å². The second-order valence-electron chi connectivity index (χ2n) is 9.01. The van der Waals surface area contributed by atoms with Gasteiger partial charge >= 0.3 is 0 Å². The van der Waals surface area contributed by atoms with Crippen LogP contribution in [0.5, 0.6) is 5.75 Å². The number of methoxy groups -OCH3 is 1. The SMILES string of the molecule is CCCCNC(=O)[C@H](CC)N(Cc1ccc(OC)cc1)C(=O)CN1C(=O)c2cccc3cccc1c23. The molecule has 188 valence electrons. The number of nitrogens with one attached hydrogen (secondary N) is 1. The maximum absolute atomic E-state index is 13.8. The fourth-order valence-electron chi connectivity index (χ4n) is 4.72. The van der Waals surface area contributed by atoms with Gasteiger partial charge in [0.05, 0.1) is 12.8 Å². The van der Waals surface area contributed by atoms with Crippen molar-refractivity contribution < 1.29 is 19.1 Å². The smallest absolute Gasteiger partial charge is 0.259 e. The highest BCUT2D eigenvalue weighted by Gasteiger charge is 2.35. The Morgan fingerprint density at radius 1 is 1.03 bits per heavy atom. The first kappa shape index (κ1) is 25.2. The van der Waals surface area contributed by atoms with Crippen LogP contribution in [0.1, 0.15) is 49.0 Å². The number of amides is 3. The molecule has 0 fully saturated rings. The molecule has 3 aromatic rings. The first-order valence-corrected chi connectivity index (χ1v) is 12.5. The summed E-state index contributed by atoms with van der Waals surface area (Å²) < 4.78 is 5.25. The summed E-state index contributed by atoms with van der Waals surface area (Å²) in [6, 6.07) is 18.1. The molecule has 1 N–H and O–H groups in total. The molecule has 7 nitrogen and oxygen atoms in total. The number of hydrogen-bond donors (Lipinski definition) is 1. The third-order valence-electron chi connectivity index (χ3n) is 6.67. The quantitative estimate of drug-likeness (QED) is 0.403. The van der Waals surface area contributed by atoms with Crippen molar-refractivity contribution in [3.63, 3.8) is 0 Å². The first-order valence-electron chi connectivity index (χ1n) is 12.5. The predicted octanol–water partition coefficient (Wildman–Crippen LogP) is 4.53. The highest BCUT2D eigenvalue weighted by atomic mass is 16.5. The molecule has 0 radical (unpaired) electrons. The van der Waals surface area contributed by atoms with Crippen LogP contribution in [-0.4, -0.2) is 48.9 Å². The lowest BCUT2D eigenvalue weighted by atomic mass is 10.1. The fraction of sp³-hybridized carbons (Fsp3) is 0.345. The normalized spacial score (nSPS) is 13.1. The number of carbonyl (C=O) groups excluding carboxylic acids is 3. The highest BCUT2D eigenvalue weighted by Crippen LogP contribution is 2.37. The van der Waals surface area contributed by atoms with Crippen LogP contribution in [0, 0.1) is 0 Å². The lowest BCUT2D eigenvalue weighted by Crippen LogP contribution is -2.52. The van der Waals surface area contributed by atoms with E-state index in [0.29, 0.717) is 18.5 Å². The molecule has 3 aromatic carbocycles. The van der Waals surface area contributed by atoms with E-state index in [1.165, 1.54) is 4.90 Å². The van der Waals surface area contributed by atoms with E-state index in [0.717, 1.165) is 40.6 Å². The maximum atomic E-state index is 13.8. The van der Waals surface area contributed by atoms with Crippen molar-refractivity contribution in [3.05, 3.63) is 71.8 Å². The van der Waals surface area contributed by atoms with E-state index < -0.39 is 6.04 Å². The highest BCUT2D eigenvalue weighted by molar-refractivity contribution is 6.26. The minimum Gasteiger partial charge on any atom is -0.497 e. The van der Waals surface area contributed by atoms with E-state index >= 15 is 0 Å². The van der Waals surface area contributed by atoms with Gasteiger partial charge in [-0.1, -0.05) is 56.7 Å². The first-order chi connectivity index (χ1) is 17.5. The van der Waals surface area contributed by atoms with E-state index in [-0.39, 0.29) is 30.8 Å². The molecular formula is C29H33N3O4. The Morgan fingerprint density at radius 2 is 1.75 bits per heavy atom. The summed E-state index contributed by atoms with van der Waals surface area (Å²) in [5.74, 6) is 0.0712. The Kier molecular flexibility index (Phi) is 7.88. The lowest BCUT2D eigenvalue weighted by molar-refractivity contribution is -0.140. The minimum atomic E-state index is -0.646. The summed E-state index contributed by atoms with van der Waals surface area (Å²) in [5.41, 5.74) is 2.20. The standard InChI is InChI=1S/C29H33N3O4/c1-4-6-17-30-28(34)24(5-2)31(18-20-13-15-22(36-3)16-14-20)26(33)19-32-25-12-8-10-21-9-7-11-23(27(21)25)29(32)35/h7-16,24H,4-6,17-19H2,1-3H3,(H,30,34)/t24-/m0/s1. The molecule has 3 amide bonds. The Hall–Kier alpha value is -3.87. The van der Waals surface area contributed by atoms with E-state index in [4.69, 9.17) is 4.74 Å². The van der Waals surface area contributed by atoms with Crippen molar-refractivity contribution in [1.82, 2.24) is 10.2 Å². The second kappa shape index (κ2) is 11.2. The van der Waals surface area contributed by atoms with Crippen molar-refractivity contribution in [3.8, 4) is 5.75 Å². The van der Waals surface area contributed by atoms with Crippen molar-refractivity contribution in [2.75, 3.05) is 25.1 Å². The number of rotatable bonds is 11. The van der Waals surface area contributed by atoms with E-state index in [1.807, 2.05) is 61.5 Å². The van der Waals surface area contributed by atoms with Gasteiger partial charge in [0.2, 0.25) is 11.8 Å². The van der Waals surface area contributed by atoms with Gasteiger partial charge in [0, 0.05) is 24.0 Å². The zero-order chi connectivity index (χ0) is 25.7. The third kappa shape index (κ3) is 5.05. The molecule has 0 saturated carbocycles. The van der Waals surface area contributed by atoms with Gasteiger partial charge in [-0.25, -0.2) is 0 Å². The number of carbonyl (C=O) groups is 3. The van der Waals surface area contributed by atoms with Gasteiger partial charge in [-0.15, -0.1) is 0 Å². The van der Waals surface area contributed by atoms with Gasteiger partial charge in [-0.05, 0) is 48.1 Å². The fourth-order valence-corrected chi connectivity index (χ4v) is 4.72. The van der Waals surface area contributed by atoms with Crippen LogP contribution in [-0.2, 0) is 16.1 Å². The van der Waals surface area contributed by atoms with Gasteiger partial charge in [0.25, 0.3) is 5.91 Å². The largest absolute Gasteiger partial charge is 0.497 e. The second-order valence-corrected chi connectivity index (χ2v) is 9.01. The van der Waals surface area contributed by atoms with E-state index in [1.54, 1.807) is 18.1 Å². The molecule has 1 atom stereocenters. The molecule has 0 bridgehead atoms. The Morgan fingerprint density at radius 3 is 2.42 bits per heavy atom. The van der Waals surface area contributed by atoms with Gasteiger partial charge in [-0.3, -0.25) is 19.3 Å². The third-order valence-corrected chi connectivity index (χ3v) is 6.67. The van der Waals surface area contributed by atoms with E-state index in [2.05, 4.69) is 12.2 Å². The van der Waals surface area contributed by atoms with Gasteiger partial charge in [0.15, 0.2) is 0 Å². The van der Waals surface area contributed by atoms with Crippen molar-refractivity contribution >= 4 is 34.2 Å². The maximum Gasteiger partial charge on any atom is 0.259 e. The summed E-state index contributed by atoms with van der Waals surface area (Å²) in [5, 5.41) is 4.80. The van der Waals surface area contributed by atoms with Gasteiger partial charge in [-0.2, -0.15) is 0 Å². The summed E-state index contributed by atoms with van der Waals surface area (Å²) in [4.78, 5) is 43.3. The summed E-state index contributed by atoms with van der Waals surface area (Å²) in [6.07, 6.45) is 2.30. The van der Waals surface area contributed by atoms with Gasteiger partial charge in [0.1, 0.15) is 18.3 Å². The number of unbranched alkanes of at least 4 members (excludes halogenated alkanes) is 1. The number of nitrogens with zero attached hydrogens (tertiary/aromatic N) is 2. The molecule has 1 aliphatic heterocycles. The molecule has 7 heteroatoms. The molecular weight excluding hydrogens is 454 g/mol. The van der Waals surface area contributed by atoms with Crippen LogP contribution in [0.15, 0.2) is 60.7 Å². The van der Waals surface area contributed by atoms with Crippen molar-refractivity contribution in [1.29, 1.82) is 0 Å². The van der Waals surface area contributed by atoms with E-state index in [9.17, 15) is 14.4 Å². The summed E-state index contributed by atoms with van der Waals surface area (Å²) >= 11 is 0. The van der Waals surface area contributed by atoms with Crippen LogP contribution in [0.4, 0.5) is 5.69 Å². The molecule has 0 saturated heterocycles. The molecule has 1 aliphatic rings. The molecule has 4 rings (SSSR count). The zero-order valence-corrected chi connectivity index (χ0v) is 21.1.